The fraction of sp³-hybridized carbons (Fsp3) is 0.543. The van der Waals surface area contributed by atoms with Crippen LogP contribution >= 0.6 is 15.2 Å². The van der Waals surface area contributed by atoms with Gasteiger partial charge in [0.05, 0.1) is 31.1 Å². The van der Waals surface area contributed by atoms with E-state index in [1.54, 1.807) is 0 Å². The Morgan fingerprint density at radius 1 is 0.745 bits per heavy atom. The van der Waals surface area contributed by atoms with Crippen molar-refractivity contribution in [3.05, 3.63) is 53.6 Å². The lowest BCUT2D eigenvalue weighted by Crippen LogP contribution is -2.07. The lowest BCUT2D eigenvalue weighted by Gasteiger charge is -2.25. The molecule has 0 aliphatic rings. The number of ether oxygens (including phenoxy) is 2. The van der Waals surface area contributed by atoms with E-state index in [4.69, 9.17) is 27.6 Å². The number of benzene rings is 2. The van der Waals surface area contributed by atoms with Crippen LogP contribution in [0.3, 0.4) is 0 Å². The predicted octanol–water partition coefficient (Wildman–Crippen LogP) is 9.55. The second kappa shape index (κ2) is 19.8. The highest BCUT2D eigenvalue weighted by molar-refractivity contribution is 7.54. The van der Waals surface area contributed by atoms with Gasteiger partial charge in [-0.3, -0.25) is 9.59 Å². The smallest absolute Gasteiger partial charge is 0.378 e. The van der Waals surface area contributed by atoms with Gasteiger partial charge in [-0.2, -0.15) is 0 Å². The van der Waals surface area contributed by atoms with Gasteiger partial charge in [0.1, 0.15) is 11.5 Å². The summed E-state index contributed by atoms with van der Waals surface area (Å²) in [6.07, 6.45) is 5.61. The first kappa shape index (κ1) is 40.3. The number of allylic oxidation sites excluding steroid dienone is 1. The molecule has 10 nitrogen and oxygen atoms in total. The maximum absolute atomic E-state index is 14.1. The Hall–Kier alpha value is -2.90. The molecule has 0 aliphatic carbocycles. The van der Waals surface area contributed by atoms with Gasteiger partial charge in [0.15, 0.2) is 0 Å². The van der Waals surface area contributed by atoms with E-state index in [2.05, 4.69) is 13.5 Å². The van der Waals surface area contributed by atoms with Crippen molar-refractivity contribution >= 4 is 32.7 Å². The first-order valence-corrected chi connectivity index (χ1v) is 19.6. The molecular formula is C35H52O10P2. The molecule has 2 aromatic rings. The fourth-order valence-electron chi connectivity index (χ4n) is 4.91. The number of hydrogen-bond donors (Lipinski definition) is 0. The second-order valence-corrected chi connectivity index (χ2v) is 16.0. The van der Waals surface area contributed by atoms with Crippen molar-refractivity contribution < 1.29 is 46.3 Å². The van der Waals surface area contributed by atoms with Gasteiger partial charge in [0.2, 0.25) is 0 Å². The maximum atomic E-state index is 14.1. The van der Waals surface area contributed by atoms with Crippen LogP contribution in [0.25, 0.3) is 16.7 Å². The molecule has 0 radical (unpaired) electrons. The van der Waals surface area contributed by atoms with Gasteiger partial charge in [0, 0.05) is 28.1 Å². The summed E-state index contributed by atoms with van der Waals surface area (Å²) >= 11 is 0. The first-order chi connectivity index (χ1) is 22.3. The molecule has 262 valence electrons. The van der Waals surface area contributed by atoms with Crippen LogP contribution in [0.1, 0.15) is 89.3 Å². The van der Waals surface area contributed by atoms with Gasteiger partial charge in [0.25, 0.3) is 0 Å². The zero-order chi connectivity index (χ0) is 35.0. The number of hydrogen-bond acceptors (Lipinski definition) is 10. The molecule has 0 spiro atoms. The van der Waals surface area contributed by atoms with Crippen molar-refractivity contribution in [2.45, 2.75) is 86.0 Å². The van der Waals surface area contributed by atoms with E-state index in [-0.39, 0.29) is 49.0 Å². The third kappa shape index (κ3) is 13.6. The van der Waals surface area contributed by atoms with Crippen molar-refractivity contribution in [2.24, 2.45) is 0 Å². The number of carbonyl (C=O) groups excluding carboxylic acids is 2. The number of esters is 2. The van der Waals surface area contributed by atoms with Crippen molar-refractivity contribution in [1.82, 2.24) is 0 Å². The Kier molecular flexibility index (Phi) is 17.0. The summed E-state index contributed by atoms with van der Waals surface area (Å²) in [6.45, 7) is 13.2. The zero-order valence-electron chi connectivity index (χ0n) is 29.1. The van der Waals surface area contributed by atoms with Crippen molar-refractivity contribution in [3.8, 4) is 22.6 Å². The molecule has 0 aliphatic heterocycles. The monoisotopic (exact) mass is 694 g/mol. The highest BCUT2D eigenvalue weighted by atomic mass is 31.2. The van der Waals surface area contributed by atoms with Gasteiger partial charge in [-0.15, -0.1) is 0 Å². The fourth-order valence-corrected chi connectivity index (χ4v) is 7.72. The van der Waals surface area contributed by atoms with Gasteiger partial charge in [-0.25, -0.2) is 9.13 Å². The largest absolute Gasteiger partial charge is 0.466 e. The molecule has 2 aromatic carbocycles. The van der Waals surface area contributed by atoms with Crippen molar-refractivity contribution in [2.75, 3.05) is 39.8 Å². The second-order valence-electron chi connectivity index (χ2n) is 11.6. The first-order valence-electron chi connectivity index (χ1n) is 16.2. The molecule has 0 fully saturated rings. The van der Waals surface area contributed by atoms with E-state index in [9.17, 15) is 18.7 Å². The van der Waals surface area contributed by atoms with Crippen LogP contribution in [0.2, 0.25) is 0 Å². The minimum atomic E-state index is -3.71. The summed E-state index contributed by atoms with van der Waals surface area (Å²) in [5, 5.41) is 0. The summed E-state index contributed by atoms with van der Waals surface area (Å²) in [5.41, 5.74) is 4.57. The highest BCUT2D eigenvalue weighted by Gasteiger charge is 2.32. The molecular weight excluding hydrogens is 642 g/mol. The zero-order valence-corrected chi connectivity index (χ0v) is 30.8. The van der Waals surface area contributed by atoms with Crippen molar-refractivity contribution in [3.63, 3.8) is 0 Å². The molecule has 0 bridgehead atoms. The number of carbonyl (C=O) groups is 2. The Morgan fingerprint density at radius 3 is 1.68 bits per heavy atom. The molecule has 2 unspecified atom stereocenters. The van der Waals surface area contributed by atoms with E-state index in [1.165, 1.54) is 28.1 Å². The summed E-state index contributed by atoms with van der Waals surface area (Å²) < 4.78 is 61.9. The maximum Gasteiger partial charge on any atom is 0.378 e. The van der Waals surface area contributed by atoms with Crippen LogP contribution in [0.4, 0.5) is 0 Å². The lowest BCUT2D eigenvalue weighted by atomic mass is 9.91. The third-order valence-electron chi connectivity index (χ3n) is 7.39. The van der Waals surface area contributed by atoms with E-state index in [0.29, 0.717) is 43.2 Å². The lowest BCUT2D eigenvalue weighted by molar-refractivity contribution is -0.142. The normalized spacial score (nSPS) is 13.7. The van der Waals surface area contributed by atoms with Crippen LogP contribution in [0.5, 0.6) is 11.5 Å². The molecule has 47 heavy (non-hydrogen) atoms. The molecule has 12 heteroatoms. The van der Waals surface area contributed by atoms with Crippen LogP contribution in [0.15, 0.2) is 36.9 Å². The average molecular weight is 695 g/mol. The highest BCUT2D eigenvalue weighted by Crippen LogP contribution is 2.56. The van der Waals surface area contributed by atoms with E-state index < -0.39 is 15.2 Å². The van der Waals surface area contributed by atoms with Crippen LogP contribution in [-0.2, 0) is 43.7 Å². The minimum Gasteiger partial charge on any atom is -0.466 e. The Labute approximate surface area is 280 Å². The molecule has 0 aromatic heterocycles. The Morgan fingerprint density at radius 2 is 1.26 bits per heavy atom. The molecule has 2 atom stereocenters. The Balaban J connectivity index is 2.70. The molecule has 0 amide bonds. The SMILES string of the molecule is C=C(C)c1ccc(C)cc1-c1c(OP(=O)(CCCCOC(C)=O)OC)cc(CCCCC)cc1OP(=O)(CCCCOC(C)=O)OC. The van der Waals surface area contributed by atoms with Crippen LogP contribution in [-0.4, -0.2) is 51.7 Å². The topological polar surface area (TPSA) is 124 Å². The van der Waals surface area contributed by atoms with Gasteiger partial charge >= 0.3 is 27.1 Å². The molecule has 0 saturated heterocycles. The minimum absolute atomic E-state index is 0.0838. The number of aryl methyl sites for hydroxylation is 2. The van der Waals surface area contributed by atoms with Crippen LogP contribution in [0, 0.1) is 6.92 Å². The molecule has 0 N–H and O–H groups in total. The standard InChI is InChI=1S/C35H52O10P2/c1-9-10-11-16-30-24-33(44-46(38,40-7)21-14-12-19-42-28(5)36)35(32-23-27(4)17-18-31(32)26(2)3)34(25-30)45-47(39,41-8)22-15-13-20-43-29(6)37/h17-18,23-25H,2,9-16,19-22H2,1,3-8H3. The Bertz CT molecular complexity index is 1380. The van der Waals surface area contributed by atoms with E-state index in [1.807, 2.05) is 44.2 Å². The van der Waals surface area contributed by atoms with E-state index in [0.717, 1.165) is 41.5 Å². The number of unbranched alkanes of at least 4 members (excludes halogenated alkanes) is 4. The van der Waals surface area contributed by atoms with Gasteiger partial charge in [-0.1, -0.05) is 55.7 Å². The molecule has 0 heterocycles. The summed E-state index contributed by atoms with van der Waals surface area (Å²) in [4.78, 5) is 22.3. The van der Waals surface area contributed by atoms with Gasteiger partial charge < -0.3 is 27.6 Å². The number of rotatable bonds is 22. The van der Waals surface area contributed by atoms with Gasteiger partial charge in [-0.05, 0) is 81.2 Å². The van der Waals surface area contributed by atoms with E-state index >= 15 is 0 Å². The predicted molar refractivity (Wildman–Crippen MR) is 187 cm³/mol. The third-order valence-corrected chi connectivity index (χ3v) is 11.2. The molecule has 0 saturated carbocycles. The van der Waals surface area contributed by atoms with Crippen LogP contribution < -0.4 is 9.05 Å². The quantitative estimate of drug-likeness (QED) is 0.0669. The molecule has 2 rings (SSSR count). The summed E-state index contributed by atoms with van der Waals surface area (Å²) in [6, 6.07) is 9.59. The summed E-state index contributed by atoms with van der Waals surface area (Å²) in [5.74, 6) is -0.218. The summed E-state index contributed by atoms with van der Waals surface area (Å²) in [7, 11) is -4.73. The average Bonchev–Trinajstić information content (AvgIpc) is 3.00. The van der Waals surface area contributed by atoms with Crippen molar-refractivity contribution in [1.29, 1.82) is 0 Å².